The van der Waals surface area contributed by atoms with E-state index in [-0.39, 0.29) is 11.8 Å². The lowest BCUT2D eigenvalue weighted by atomic mass is 10.0. The van der Waals surface area contributed by atoms with Crippen molar-refractivity contribution in [2.24, 2.45) is 5.92 Å². The Hall–Kier alpha value is -3.00. The molecule has 1 aromatic carbocycles. The number of rotatable bonds is 5. The first-order valence-electron chi connectivity index (χ1n) is 14.4. The SMILES string of the molecule is CC(=O)N1CCCCCCCN(CCC(C)C)Cc2cc(C(=O)N3CCN(c4ncccn4)CC3)ccc21. The first-order valence-corrected chi connectivity index (χ1v) is 14.4. The minimum absolute atomic E-state index is 0.0515. The van der Waals surface area contributed by atoms with Crippen molar-refractivity contribution in [3.8, 4) is 0 Å². The average molecular weight is 521 g/mol. The number of amides is 2. The van der Waals surface area contributed by atoms with Crippen LogP contribution in [-0.2, 0) is 11.3 Å². The maximum atomic E-state index is 13.6. The van der Waals surface area contributed by atoms with Crippen molar-refractivity contribution in [1.82, 2.24) is 19.8 Å². The lowest BCUT2D eigenvalue weighted by Crippen LogP contribution is -2.49. The Labute approximate surface area is 228 Å². The van der Waals surface area contributed by atoms with E-state index in [9.17, 15) is 9.59 Å². The fourth-order valence-electron chi connectivity index (χ4n) is 5.39. The zero-order valence-electron chi connectivity index (χ0n) is 23.4. The summed E-state index contributed by atoms with van der Waals surface area (Å²) in [6, 6.07) is 7.78. The van der Waals surface area contributed by atoms with Gasteiger partial charge in [-0.1, -0.05) is 33.1 Å². The maximum absolute atomic E-state index is 13.6. The average Bonchev–Trinajstić information content (AvgIpc) is 2.92. The minimum atomic E-state index is 0.0515. The largest absolute Gasteiger partial charge is 0.337 e. The molecular formula is C30H44N6O2. The molecule has 0 unspecified atom stereocenters. The van der Waals surface area contributed by atoms with Gasteiger partial charge in [-0.2, -0.15) is 0 Å². The summed E-state index contributed by atoms with van der Waals surface area (Å²) in [5.41, 5.74) is 2.73. The van der Waals surface area contributed by atoms with Crippen molar-refractivity contribution >= 4 is 23.5 Å². The predicted molar refractivity (Wildman–Crippen MR) is 152 cm³/mol. The second-order valence-corrected chi connectivity index (χ2v) is 11.1. The second kappa shape index (κ2) is 13.7. The van der Waals surface area contributed by atoms with E-state index in [1.165, 1.54) is 19.3 Å². The highest BCUT2D eigenvalue weighted by atomic mass is 16.2. The zero-order chi connectivity index (χ0) is 26.9. The molecule has 38 heavy (non-hydrogen) atoms. The van der Waals surface area contributed by atoms with Crippen LogP contribution in [0.25, 0.3) is 0 Å². The molecule has 0 aliphatic carbocycles. The third-order valence-electron chi connectivity index (χ3n) is 7.67. The molecule has 3 heterocycles. The number of fused-ring (bicyclic) bond motifs is 1. The molecule has 1 fully saturated rings. The van der Waals surface area contributed by atoms with Crippen molar-refractivity contribution in [1.29, 1.82) is 0 Å². The van der Waals surface area contributed by atoms with Crippen LogP contribution in [0.2, 0.25) is 0 Å². The third kappa shape index (κ3) is 7.53. The Balaban J connectivity index is 1.56. The highest BCUT2D eigenvalue weighted by Crippen LogP contribution is 2.27. The molecule has 0 saturated carbocycles. The Morgan fingerprint density at radius 2 is 1.58 bits per heavy atom. The molecule has 4 rings (SSSR count). The van der Waals surface area contributed by atoms with Gasteiger partial charge in [0.15, 0.2) is 0 Å². The topological polar surface area (TPSA) is 72.9 Å². The molecular weight excluding hydrogens is 476 g/mol. The van der Waals surface area contributed by atoms with E-state index >= 15 is 0 Å². The highest BCUT2D eigenvalue weighted by Gasteiger charge is 2.25. The Kier molecular flexibility index (Phi) is 10.1. The first-order chi connectivity index (χ1) is 18.4. The van der Waals surface area contributed by atoms with Crippen LogP contribution in [-0.4, -0.2) is 77.4 Å². The number of carbonyl (C=O) groups is 2. The molecule has 206 valence electrons. The Bertz CT molecular complexity index is 1050. The van der Waals surface area contributed by atoms with Gasteiger partial charge in [0.2, 0.25) is 11.9 Å². The molecule has 8 nitrogen and oxygen atoms in total. The van der Waals surface area contributed by atoms with E-state index in [4.69, 9.17) is 0 Å². The monoisotopic (exact) mass is 520 g/mol. The van der Waals surface area contributed by atoms with E-state index in [2.05, 4.69) is 39.7 Å². The predicted octanol–water partition coefficient (Wildman–Crippen LogP) is 4.60. The van der Waals surface area contributed by atoms with Crippen LogP contribution in [0, 0.1) is 5.92 Å². The summed E-state index contributed by atoms with van der Waals surface area (Å²) in [5.74, 6) is 1.47. The molecule has 0 radical (unpaired) electrons. The summed E-state index contributed by atoms with van der Waals surface area (Å²) in [5, 5.41) is 0. The summed E-state index contributed by atoms with van der Waals surface area (Å²) in [6.07, 6.45) is 10.4. The normalized spacial score (nSPS) is 18.1. The van der Waals surface area contributed by atoms with Crippen LogP contribution in [0.5, 0.6) is 0 Å². The zero-order valence-corrected chi connectivity index (χ0v) is 23.4. The number of anilines is 2. The summed E-state index contributed by atoms with van der Waals surface area (Å²) in [7, 11) is 0. The van der Waals surface area contributed by atoms with Crippen molar-refractivity contribution in [3.05, 3.63) is 47.8 Å². The molecule has 1 aromatic heterocycles. The quantitative estimate of drug-likeness (QED) is 0.574. The van der Waals surface area contributed by atoms with Crippen LogP contribution in [0.4, 0.5) is 11.6 Å². The molecule has 2 aliphatic rings. The maximum Gasteiger partial charge on any atom is 0.253 e. The number of hydrogen-bond acceptors (Lipinski definition) is 6. The number of nitrogens with zero attached hydrogens (tertiary/aromatic N) is 6. The van der Waals surface area contributed by atoms with Gasteiger partial charge < -0.3 is 14.7 Å². The third-order valence-corrected chi connectivity index (χ3v) is 7.67. The van der Waals surface area contributed by atoms with E-state index in [0.29, 0.717) is 43.6 Å². The number of carbonyl (C=O) groups excluding carboxylic acids is 2. The summed E-state index contributed by atoms with van der Waals surface area (Å²) >= 11 is 0. The fourth-order valence-corrected chi connectivity index (χ4v) is 5.39. The standard InChI is InChI=1S/C30H44N6O2/c1-24(2)12-17-33-15-7-5-4-6-8-16-36(25(3)37)28-11-10-26(22-27(28)23-33)29(38)34-18-20-35(21-19-34)30-31-13-9-14-32-30/h9-11,13-14,22,24H,4-8,12,15-21,23H2,1-3H3. The molecule has 0 spiro atoms. The number of aromatic nitrogens is 2. The van der Waals surface area contributed by atoms with E-state index in [0.717, 1.165) is 56.7 Å². The first kappa shape index (κ1) is 28.0. The summed E-state index contributed by atoms with van der Waals surface area (Å²) < 4.78 is 0. The highest BCUT2D eigenvalue weighted by molar-refractivity contribution is 5.97. The van der Waals surface area contributed by atoms with E-state index in [1.54, 1.807) is 19.3 Å². The smallest absolute Gasteiger partial charge is 0.253 e. The molecule has 8 heteroatoms. The van der Waals surface area contributed by atoms with Gasteiger partial charge in [-0.3, -0.25) is 14.5 Å². The van der Waals surface area contributed by atoms with Crippen molar-refractivity contribution in [2.75, 3.05) is 55.6 Å². The van der Waals surface area contributed by atoms with Crippen LogP contribution in [0.3, 0.4) is 0 Å². The molecule has 0 atom stereocenters. The molecule has 2 aliphatic heterocycles. The Morgan fingerprint density at radius 1 is 0.895 bits per heavy atom. The molecule has 2 amide bonds. The van der Waals surface area contributed by atoms with Gasteiger partial charge in [-0.15, -0.1) is 0 Å². The molecule has 1 saturated heterocycles. The van der Waals surface area contributed by atoms with Gasteiger partial charge in [0, 0.05) is 69.8 Å². The van der Waals surface area contributed by atoms with Crippen LogP contribution >= 0.6 is 0 Å². The van der Waals surface area contributed by atoms with Crippen LogP contribution in [0.15, 0.2) is 36.7 Å². The molecule has 2 aromatic rings. The fraction of sp³-hybridized carbons (Fsp3) is 0.600. The van der Waals surface area contributed by atoms with Crippen molar-refractivity contribution < 1.29 is 9.59 Å². The lowest BCUT2D eigenvalue weighted by Gasteiger charge is -2.35. The van der Waals surface area contributed by atoms with Gasteiger partial charge in [-0.25, -0.2) is 9.97 Å². The van der Waals surface area contributed by atoms with Gasteiger partial charge in [-0.05, 0) is 68.1 Å². The van der Waals surface area contributed by atoms with Crippen LogP contribution in [0.1, 0.15) is 75.2 Å². The second-order valence-electron chi connectivity index (χ2n) is 11.1. The van der Waals surface area contributed by atoms with E-state index in [1.807, 2.05) is 28.0 Å². The van der Waals surface area contributed by atoms with Gasteiger partial charge in [0.25, 0.3) is 5.91 Å². The van der Waals surface area contributed by atoms with Crippen molar-refractivity contribution in [3.63, 3.8) is 0 Å². The van der Waals surface area contributed by atoms with Crippen molar-refractivity contribution in [2.45, 2.75) is 65.8 Å². The van der Waals surface area contributed by atoms with Crippen LogP contribution < -0.4 is 9.80 Å². The minimum Gasteiger partial charge on any atom is -0.337 e. The molecule has 0 N–H and O–H groups in total. The lowest BCUT2D eigenvalue weighted by molar-refractivity contribution is -0.116. The van der Waals surface area contributed by atoms with Gasteiger partial charge >= 0.3 is 0 Å². The van der Waals surface area contributed by atoms with E-state index < -0.39 is 0 Å². The number of hydrogen-bond donors (Lipinski definition) is 0. The van der Waals surface area contributed by atoms with Gasteiger partial charge in [0.05, 0.1) is 0 Å². The Morgan fingerprint density at radius 3 is 2.26 bits per heavy atom. The summed E-state index contributed by atoms with van der Waals surface area (Å²) in [6.45, 7) is 12.4. The summed E-state index contributed by atoms with van der Waals surface area (Å²) in [4.78, 5) is 43.5. The number of piperazine rings is 1. The molecule has 0 bridgehead atoms. The number of benzene rings is 1. The van der Waals surface area contributed by atoms with Gasteiger partial charge in [0.1, 0.15) is 0 Å².